The number of rotatable bonds is 2. The number of halogens is 2. The number of hydrogen-bond donors (Lipinski definition) is 0. The molecule has 0 radical (unpaired) electrons. The van der Waals surface area contributed by atoms with Gasteiger partial charge in [0.1, 0.15) is 0 Å². The lowest BCUT2D eigenvalue weighted by atomic mass is 9.80. The van der Waals surface area contributed by atoms with Crippen LogP contribution in [0, 0.1) is 11.8 Å². The zero-order valence-corrected chi connectivity index (χ0v) is 6.56. The van der Waals surface area contributed by atoms with Crippen LogP contribution >= 0.6 is 0 Å². The van der Waals surface area contributed by atoms with Gasteiger partial charge in [-0.05, 0) is 12.8 Å². The van der Waals surface area contributed by atoms with Crippen LogP contribution in [0.1, 0.15) is 25.7 Å². The van der Waals surface area contributed by atoms with E-state index in [4.69, 9.17) is 0 Å². The molecule has 12 heavy (non-hydrogen) atoms. The van der Waals surface area contributed by atoms with Crippen molar-refractivity contribution in [3.05, 3.63) is 0 Å². The molecule has 0 spiro atoms. The van der Waals surface area contributed by atoms with Gasteiger partial charge in [-0.3, -0.25) is 9.59 Å². The Labute approximate surface area is 68.9 Å². The van der Waals surface area contributed by atoms with Crippen LogP contribution in [-0.2, 0) is 9.59 Å². The molecule has 0 aliphatic heterocycles. The van der Waals surface area contributed by atoms with E-state index in [2.05, 4.69) is 0 Å². The van der Waals surface area contributed by atoms with Crippen molar-refractivity contribution >= 4 is 12.1 Å². The second-order valence-electron chi connectivity index (χ2n) is 3.11. The summed E-state index contributed by atoms with van der Waals surface area (Å²) in [5.74, 6) is -2.03. The Balaban J connectivity index is 2.67. The summed E-state index contributed by atoms with van der Waals surface area (Å²) in [6.07, 6.45) is 2.00. The van der Waals surface area contributed by atoms with Gasteiger partial charge in [-0.1, -0.05) is 12.8 Å². The highest BCUT2D eigenvalue weighted by molar-refractivity contribution is 5.81. The maximum Gasteiger partial charge on any atom is 0.305 e. The summed E-state index contributed by atoms with van der Waals surface area (Å²) in [4.78, 5) is 20.7. The summed E-state index contributed by atoms with van der Waals surface area (Å²) in [6.45, 7) is 0. The molecule has 2 atom stereocenters. The monoisotopic (exact) mass is 176 g/mol. The molecule has 0 heterocycles. The fourth-order valence-corrected chi connectivity index (χ4v) is 1.67. The molecular weight excluding hydrogens is 166 g/mol. The van der Waals surface area contributed by atoms with E-state index in [0.29, 0.717) is 25.7 Å². The average molecular weight is 176 g/mol. The first-order chi connectivity index (χ1) is 5.63. The predicted molar refractivity (Wildman–Crippen MR) is 37.7 cm³/mol. The van der Waals surface area contributed by atoms with Gasteiger partial charge in [0.15, 0.2) is 0 Å². The first-order valence-corrected chi connectivity index (χ1v) is 4.01. The van der Waals surface area contributed by atoms with Crippen molar-refractivity contribution in [3.63, 3.8) is 0 Å². The van der Waals surface area contributed by atoms with Crippen molar-refractivity contribution in [2.24, 2.45) is 11.8 Å². The molecule has 1 rings (SSSR count). The molecule has 1 aliphatic carbocycles. The van der Waals surface area contributed by atoms with E-state index in [-0.39, 0.29) is 0 Å². The van der Waals surface area contributed by atoms with Crippen LogP contribution < -0.4 is 0 Å². The van der Waals surface area contributed by atoms with E-state index in [1.807, 2.05) is 0 Å². The van der Waals surface area contributed by atoms with Crippen LogP contribution in [0.2, 0.25) is 0 Å². The van der Waals surface area contributed by atoms with Gasteiger partial charge in [-0.25, -0.2) is 0 Å². The van der Waals surface area contributed by atoms with E-state index in [1.54, 1.807) is 0 Å². The van der Waals surface area contributed by atoms with Crippen molar-refractivity contribution < 1.29 is 18.4 Å². The largest absolute Gasteiger partial charge is 0.305 e. The molecule has 0 aromatic carbocycles. The first kappa shape index (κ1) is 9.29. The van der Waals surface area contributed by atoms with Gasteiger partial charge in [0.05, 0.1) is 11.8 Å². The minimum absolute atomic E-state index is 0.301. The van der Waals surface area contributed by atoms with Crippen LogP contribution in [-0.4, -0.2) is 12.1 Å². The lowest BCUT2D eigenvalue weighted by Gasteiger charge is -2.23. The summed E-state index contributed by atoms with van der Waals surface area (Å²) in [5, 5.41) is 0. The molecule has 0 aromatic heterocycles. The van der Waals surface area contributed by atoms with E-state index < -0.39 is 23.9 Å². The van der Waals surface area contributed by atoms with Crippen molar-refractivity contribution in [1.82, 2.24) is 0 Å². The van der Waals surface area contributed by atoms with Crippen LogP contribution in [0.3, 0.4) is 0 Å². The van der Waals surface area contributed by atoms with Crippen molar-refractivity contribution in [2.75, 3.05) is 0 Å². The zero-order valence-electron chi connectivity index (χ0n) is 6.56. The van der Waals surface area contributed by atoms with E-state index in [9.17, 15) is 18.4 Å². The lowest BCUT2D eigenvalue weighted by Crippen LogP contribution is -2.29. The summed E-state index contributed by atoms with van der Waals surface area (Å²) in [7, 11) is 0. The molecular formula is C8H10F2O2. The topological polar surface area (TPSA) is 34.1 Å². The third-order valence-electron chi connectivity index (χ3n) is 2.35. The summed E-state index contributed by atoms with van der Waals surface area (Å²) >= 11 is 0. The maximum atomic E-state index is 12.2. The SMILES string of the molecule is O=C(F)[C@H]1CCCC[C@H]1C(=O)F. The quantitative estimate of drug-likeness (QED) is 0.601. The molecule has 1 saturated carbocycles. The van der Waals surface area contributed by atoms with E-state index in [1.165, 1.54) is 0 Å². The Morgan fingerprint density at radius 3 is 1.50 bits per heavy atom. The lowest BCUT2D eigenvalue weighted by molar-refractivity contribution is -0.146. The minimum atomic E-state index is -1.55. The minimum Gasteiger partial charge on any atom is -0.261 e. The highest BCUT2D eigenvalue weighted by Gasteiger charge is 2.35. The molecule has 0 saturated heterocycles. The first-order valence-electron chi connectivity index (χ1n) is 4.01. The van der Waals surface area contributed by atoms with Crippen molar-refractivity contribution in [1.29, 1.82) is 0 Å². The van der Waals surface area contributed by atoms with Gasteiger partial charge >= 0.3 is 12.1 Å². The fourth-order valence-electron chi connectivity index (χ4n) is 1.67. The van der Waals surface area contributed by atoms with Crippen LogP contribution in [0.15, 0.2) is 0 Å². The zero-order chi connectivity index (χ0) is 9.14. The van der Waals surface area contributed by atoms with E-state index in [0.717, 1.165) is 0 Å². The summed E-state index contributed by atoms with van der Waals surface area (Å²) in [6, 6.07) is -3.10. The molecule has 68 valence electrons. The average Bonchev–Trinajstić information content (AvgIpc) is 2.04. The highest BCUT2D eigenvalue weighted by Crippen LogP contribution is 2.31. The van der Waals surface area contributed by atoms with Crippen LogP contribution in [0.5, 0.6) is 0 Å². The normalized spacial score (nSPS) is 29.8. The maximum absolute atomic E-state index is 12.2. The molecule has 0 unspecified atom stereocenters. The summed E-state index contributed by atoms with van der Waals surface area (Å²) in [5.41, 5.74) is 0. The van der Waals surface area contributed by atoms with Gasteiger partial charge in [-0.15, -0.1) is 0 Å². The number of carbonyl (C=O) groups excluding carboxylic acids is 2. The van der Waals surface area contributed by atoms with Gasteiger partial charge in [0.25, 0.3) is 0 Å². The fraction of sp³-hybridized carbons (Fsp3) is 0.750. The van der Waals surface area contributed by atoms with E-state index >= 15 is 0 Å². The predicted octanol–water partition coefficient (Wildman–Crippen LogP) is 1.79. The standard InChI is InChI=1S/C8H10F2O2/c9-7(11)5-3-1-2-4-6(5)8(10)12/h5-6H,1-4H2/t5-,6+. The molecule has 2 nitrogen and oxygen atoms in total. The van der Waals surface area contributed by atoms with Crippen LogP contribution in [0.4, 0.5) is 8.78 Å². The van der Waals surface area contributed by atoms with Gasteiger partial charge in [0.2, 0.25) is 0 Å². The molecule has 0 bridgehead atoms. The Morgan fingerprint density at radius 2 is 1.25 bits per heavy atom. The summed E-state index contributed by atoms with van der Waals surface area (Å²) < 4.78 is 24.5. The smallest absolute Gasteiger partial charge is 0.261 e. The number of hydrogen-bond acceptors (Lipinski definition) is 2. The third-order valence-corrected chi connectivity index (χ3v) is 2.35. The molecule has 1 fully saturated rings. The molecule has 0 aromatic rings. The Morgan fingerprint density at radius 1 is 0.917 bits per heavy atom. The second-order valence-corrected chi connectivity index (χ2v) is 3.11. The number of carbonyl (C=O) groups is 2. The third kappa shape index (κ3) is 1.87. The molecule has 4 heteroatoms. The molecule has 1 aliphatic rings. The van der Waals surface area contributed by atoms with Gasteiger partial charge < -0.3 is 0 Å². The Kier molecular flexibility index (Phi) is 2.89. The Hall–Kier alpha value is -0.800. The van der Waals surface area contributed by atoms with Gasteiger partial charge in [-0.2, -0.15) is 8.78 Å². The van der Waals surface area contributed by atoms with Gasteiger partial charge in [0, 0.05) is 0 Å². The Bertz CT molecular complexity index is 181. The van der Waals surface area contributed by atoms with Crippen LogP contribution in [0.25, 0.3) is 0 Å². The van der Waals surface area contributed by atoms with Crippen molar-refractivity contribution in [2.45, 2.75) is 25.7 Å². The highest BCUT2D eigenvalue weighted by atomic mass is 19.1. The molecule has 0 amide bonds. The molecule has 0 N–H and O–H groups in total. The van der Waals surface area contributed by atoms with Crippen molar-refractivity contribution in [3.8, 4) is 0 Å². The second kappa shape index (κ2) is 3.74.